The Morgan fingerprint density at radius 3 is 2.65 bits per heavy atom. The van der Waals surface area contributed by atoms with Gasteiger partial charge < -0.3 is 14.4 Å². The number of nitrogens with zero attached hydrogens (tertiary/aromatic N) is 1. The van der Waals surface area contributed by atoms with Crippen LogP contribution in [-0.2, 0) is 19.1 Å². The van der Waals surface area contributed by atoms with Crippen LogP contribution in [0.15, 0.2) is 30.3 Å². The van der Waals surface area contributed by atoms with Gasteiger partial charge in [0, 0.05) is 17.9 Å². The summed E-state index contributed by atoms with van der Waals surface area (Å²) >= 11 is 0. The Balaban J connectivity index is 1.70. The largest absolute Gasteiger partial charge is 0.460 e. The minimum absolute atomic E-state index is 0.0361. The summed E-state index contributed by atoms with van der Waals surface area (Å²) in [6, 6.07) is 9.69. The van der Waals surface area contributed by atoms with Crippen LogP contribution >= 0.6 is 0 Å². The molecular weight excluding hydrogens is 294 g/mol. The second kappa shape index (κ2) is 5.96. The second-order valence-electron chi connectivity index (χ2n) is 7.22. The Hall–Kier alpha value is -1.88. The molecule has 0 N–H and O–H groups in total. The molecule has 1 aromatic carbocycles. The Kier molecular flexibility index (Phi) is 4.15. The lowest BCUT2D eigenvalue weighted by atomic mass is 9.97. The average molecular weight is 317 g/mol. The second-order valence-corrected chi connectivity index (χ2v) is 7.22. The van der Waals surface area contributed by atoms with E-state index in [2.05, 4.69) is 0 Å². The van der Waals surface area contributed by atoms with Gasteiger partial charge in [-0.2, -0.15) is 0 Å². The van der Waals surface area contributed by atoms with Crippen molar-refractivity contribution in [3.05, 3.63) is 35.9 Å². The maximum Gasteiger partial charge on any atom is 0.306 e. The molecule has 2 aliphatic heterocycles. The SMILES string of the molecule is CC(C)(C)OC(=O)C[C@H]1CC(=O)N2[C@@H](c3ccccc3)OC[C@H]12. The van der Waals surface area contributed by atoms with Crippen molar-refractivity contribution in [2.75, 3.05) is 6.61 Å². The Morgan fingerprint density at radius 1 is 1.30 bits per heavy atom. The van der Waals surface area contributed by atoms with Crippen LogP contribution in [0.4, 0.5) is 0 Å². The Bertz CT molecular complexity index is 593. The summed E-state index contributed by atoms with van der Waals surface area (Å²) in [6.45, 7) is 6.02. The average Bonchev–Trinajstić information content (AvgIpc) is 3.01. The van der Waals surface area contributed by atoms with Crippen molar-refractivity contribution in [1.29, 1.82) is 0 Å². The molecule has 0 radical (unpaired) electrons. The van der Waals surface area contributed by atoms with Crippen LogP contribution in [0.5, 0.6) is 0 Å². The van der Waals surface area contributed by atoms with Crippen LogP contribution in [0, 0.1) is 5.92 Å². The van der Waals surface area contributed by atoms with Gasteiger partial charge in [-0.15, -0.1) is 0 Å². The highest BCUT2D eigenvalue weighted by molar-refractivity contribution is 5.81. The molecule has 124 valence electrons. The molecule has 1 aromatic rings. The first-order chi connectivity index (χ1) is 10.8. The van der Waals surface area contributed by atoms with Gasteiger partial charge in [-0.3, -0.25) is 9.59 Å². The highest BCUT2D eigenvalue weighted by atomic mass is 16.6. The van der Waals surface area contributed by atoms with E-state index in [0.29, 0.717) is 13.0 Å². The van der Waals surface area contributed by atoms with Gasteiger partial charge in [0.25, 0.3) is 0 Å². The van der Waals surface area contributed by atoms with Crippen molar-refractivity contribution >= 4 is 11.9 Å². The van der Waals surface area contributed by atoms with Gasteiger partial charge in [0.2, 0.25) is 5.91 Å². The van der Waals surface area contributed by atoms with Crippen LogP contribution in [0.1, 0.15) is 45.4 Å². The van der Waals surface area contributed by atoms with Crippen LogP contribution in [-0.4, -0.2) is 35.0 Å². The number of hydrogen-bond acceptors (Lipinski definition) is 4. The highest BCUT2D eigenvalue weighted by Gasteiger charge is 2.49. The molecule has 3 atom stereocenters. The van der Waals surface area contributed by atoms with Gasteiger partial charge in [0.15, 0.2) is 6.23 Å². The topological polar surface area (TPSA) is 55.8 Å². The first kappa shape index (κ1) is 16.0. The predicted molar refractivity (Wildman–Crippen MR) is 84.3 cm³/mol. The van der Waals surface area contributed by atoms with Crippen LogP contribution in [0.2, 0.25) is 0 Å². The monoisotopic (exact) mass is 317 g/mol. The number of hydrogen-bond donors (Lipinski definition) is 0. The van der Waals surface area contributed by atoms with Crippen molar-refractivity contribution < 1.29 is 19.1 Å². The van der Waals surface area contributed by atoms with Gasteiger partial charge in [-0.1, -0.05) is 30.3 Å². The fourth-order valence-corrected chi connectivity index (χ4v) is 3.35. The van der Waals surface area contributed by atoms with Gasteiger partial charge >= 0.3 is 5.97 Å². The van der Waals surface area contributed by atoms with E-state index in [9.17, 15) is 9.59 Å². The molecule has 0 bridgehead atoms. The van der Waals surface area contributed by atoms with Gasteiger partial charge in [0.1, 0.15) is 5.60 Å². The van der Waals surface area contributed by atoms with Crippen molar-refractivity contribution in [3.63, 3.8) is 0 Å². The molecule has 5 nitrogen and oxygen atoms in total. The van der Waals surface area contributed by atoms with Gasteiger partial charge in [-0.05, 0) is 20.8 Å². The van der Waals surface area contributed by atoms with E-state index >= 15 is 0 Å². The molecule has 1 amide bonds. The molecule has 0 saturated carbocycles. The molecule has 2 fully saturated rings. The maximum atomic E-state index is 12.4. The standard InChI is InChI=1S/C18H23NO4/c1-18(2,3)23-16(21)10-13-9-15(20)19-14(13)11-22-17(19)12-7-5-4-6-8-12/h4-8,13-14,17H,9-11H2,1-3H3/t13-,14-,17-/m1/s1. The molecular formula is C18H23NO4. The van der Waals surface area contributed by atoms with Crippen molar-refractivity contribution in [2.45, 2.75) is 51.5 Å². The van der Waals surface area contributed by atoms with Crippen molar-refractivity contribution in [1.82, 2.24) is 4.90 Å². The number of rotatable bonds is 3. The van der Waals surface area contributed by atoms with Crippen LogP contribution < -0.4 is 0 Å². The molecule has 5 heteroatoms. The molecule has 3 rings (SSSR count). The lowest BCUT2D eigenvalue weighted by Crippen LogP contribution is -2.34. The smallest absolute Gasteiger partial charge is 0.306 e. The quantitative estimate of drug-likeness (QED) is 0.804. The summed E-state index contributed by atoms with van der Waals surface area (Å²) in [5.41, 5.74) is 0.472. The zero-order valence-corrected chi connectivity index (χ0v) is 13.8. The zero-order valence-electron chi connectivity index (χ0n) is 13.8. The number of carbonyl (C=O) groups is 2. The van der Waals surface area contributed by atoms with E-state index < -0.39 is 5.60 Å². The summed E-state index contributed by atoms with van der Waals surface area (Å²) in [6.07, 6.45) is 0.309. The van der Waals surface area contributed by atoms with E-state index in [4.69, 9.17) is 9.47 Å². The number of ether oxygens (including phenoxy) is 2. The fraction of sp³-hybridized carbons (Fsp3) is 0.556. The number of fused-ring (bicyclic) bond motifs is 1. The molecule has 0 spiro atoms. The third-order valence-electron chi connectivity index (χ3n) is 4.24. The first-order valence-electron chi connectivity index (χ1n) is 8.05. The predicted octanol–water partition coefficient (Wildman–Crippen LogP) is 2.66. The minimum Gasteiger partial charge on any atom is -0.460 e. The molecule has 0 aliphatic carbocycles. The van der Waals surface area contributed by atoms with Crippen LogP contribution in [0.25, 0.3) is 0 Å². The van der Waals surface area contributed by atoms with E-state index in [-0.39, 0.29) is 36.5 Å². The highest BCUT2D eigenvalue weighted by Crippen LogP contribution is 2.41. The molecule has 0 unspecified atom stereocenters. The minimum atomic E-state index is -0.502. The van der Waals surface area contributed by atoms with E-state index in [0.717, 1.165) is 5.56 Å². The van der Waals surface area contributed by atoms with E-state index in [1.54, 1.807) is 4.90 Å². The van der Waals surface area contributed by atoms with Crippen LogP contribution in [0.3, 0.4) is 0 Å². The molecule has 2 saturated heterocycles. The van der Waals surface area contributed by atoms with Gasteiger partial charge in [0.05, 0.1) is 19.1 Å². The Labute approximate surface area is 136 Å². The normalized spacial score (nSPS) is 27.2. The molecule has 0 aromatic heterocycles. The van der Waals surface area contributed by atoms with E-state index in [1.165, 1.54) is 0 Å². The lowest BCUT2D eigenvalue weighted by molar-refractivity contribution is -0.156. The maximum absolute atomic E-state index is 12.4. The Morgan fingerprint density at radius 2 is 2.00 bits per heavy atom. The zero-order chi connectivity index (χ0) is 16.6. The summed E-state index contributed by atoms with van der Waals surface area (Å²) < 4.78 is 11.2. The fourth-order valence-electron chi connectivity index (χ4n) is 3.35. The summed E-state index contributed by atoms with van der Waals surface area (Å²) in [4.78, 5) is 26.3. The first-order valence-corrected chi connectivity index (χ1v) is 8.05. The van der Waals surface area contributed by atoms with Gasteiger partial charge in [-0.25, -0.2) is 0 Å². The summed E-state index contributed by atoms with van der Waals surface area (Å²) in [5, 5.41) is 0. The molecule has 23 heavy (non-hydrogen) atoms. The number of amides is 1. The molecule has 2 heterocycles. The number of carbonyl (C=O) groups excluding carboxylic acids is 2. The van der Waals surface area contributed by atoms with Crippen molar-refractivity contribution in [2.24, 2.45) is 5.92 Å². The third-order valence-corrected chi connectivity index (χ3v) is 4.24. The lowest BCUT2D eigenvalue weighted by Gasteiger charge is -2.24. The summed E-state index contributed by atoms with van der Waals surface area (Å²) in [5.74, 6) is -0.235. The van der Waals surface area contributed by atoms with Crippen molar-refractivity contribution in [3.8, 4) is 0 Å². The van der Waals surface area contributed by atoms with E-state index in [1.807, 2.05) is 51.1 Å². The summed E-state index contributed by atoms with van der Waals surface area (Å²) in [7, 11) is 0. The molecule has 2 aliphatic rings. The number of benzene rings is 1. The number of esters is 1. The third kappa shape index (κ3) is 3.39.